The molecule has 35 heavy (non-hydrogen) atoms. The summed E-state index contributed by atoms with van der Waals surface area (Å²) in [6, 6.07) is 9.34. The summed E-state index contributed by atoms with van der Waals surface area (Å²) in [5.74, 6) is -0.0597. The van der Waals surface area contributed by atoms with Gasteiger partial charge in [-0.05, 0) is 62.5 Å². The lowest BCUT2D eigenvalue weighted by molar-refractivity contribution is 0.0234. The number of fused-ring (bicyclic) bond motifs is 1. The average Bonchev–Trinajstić information content (AvgIpc) is 3.30. The van der Waals surface area contributed by atoms with Crippen molar-refractivity contribution in [3.05, 3.63) is 52.4 Å². The zero-order valence-electron chi connectivity index (χ0n) is 20.6. The van der Waals surface area contributed by atoms with Gasteiger partial charge >= 0.3 is 6.09 Å². The second kappa shape index (κ2) is 9.49. The van der Waals surface area contributed by atoms with Gasteiger partial charge in [0, 0.05) is 12.6 Å². The number of nitrogens with one attached hydrogen (secondary N) is 1. The molecule has 3 heterocycles. The fourth-order valence-electron chi connectivity index (χ4n) is 4.53. The van der Waals surface area contributed by atoms with Gasteiger partial charge in [0.2, 0.25) is 0 Å². The lowest BCUT2D eigenvalue weighted by atomic mass is 10.1. The summed E-state index contributed by atoms with van der Waals surface area (Å²) in [6.45, 7) is 9.88. The molecule has 2 amide bonds. The summed E-state index contributed by atoms with van der Waals surface area (Å²) in [5.41, 5.74) is 7.57. The highest BCUT2D eigenvalue weighted by atomic mass is 79.9. The molecule has 0 radical (unpaired) electrons. The minimum atomic E-state index is -0.585. The zero-order chi connectivity index (χ0) is 25.5. The number of carbonyl (C=O) groups excluding carboxylic acids is 2. The Bertz CT molecular complexity index is 1250. The number of halogens is 1. The predicted octanol–water partition coefficient (Wildman–Crippen LogP) is 4.84. The van der Waals surface area contributed by atoms with Crippen molar-refractivity contribution in [2.24, 2.45) is 0 Å². The molecule has 3 N–H and O–H groups in total. The van der Waals surface area contributed by atoms with Crippen molar-refractivity contribution < 1.29 is 14.3 Å². The Morgan fingerprint density at radius 3 is 2.57 bits per heavy atom. The highest BCUT2D eigenvalue weighted by Gasteiger charge is 2.38. The molecule has 0 spiro atoms. The number of anilines is 1. The first-order valence-electron chi connectivity index (χ1n) is 11.6. The zero-order valence-corrected chi connectivity index (χ0v) is 22.2. The number of nitrogens with zero attached hydrogens (tertiary/aromatic N) is 4. The van der Waals surface area contributed by atoms with Crippen LogP contribution in [0.3, 0.4) is 0 Å². The minimum absolute atomic E-state index is 0.0474. The van der Waals surface area contributed by atoms with Crippen molar-refractivity contribution >= 4 is 44.8 Å². The van der Waals surface area contributed by atoms with E-state index < -0.39 is 5.60 Å². The van der Waals surface area contributed by atoms with Crippen LogP contribution < -0.4 is 11.1 Å². The van der Waals surface area contributed by atoms with Crippen molar-refractivity contribution in [1.29, 1.82) is 0 Å². The molecule has 3 atom stereocenters. The average molecular weight is 543 g/mol. The molecule has 0 bridgehead atoms. The fourth-order valence-corrected chi connectivity index (χ4v) is 5.36. The fraction of sp³-hybridized carbons (Fsp3) is 0.440. The molecule has 0 aliphatic carbocycles. The van der Waals surface area contributed by atoms with E-state index in [1.165, 1.54) is 6.33 Å². The number of amides is 2. The molecule has 0 saturated carbocycles. The predicted molar refractivity (Wildman–Crippen MR) is 138 cm³/mol. The van der Waals surface area contributed by atoms with Crippen molar-refractivity contribution in [3.63, 3.8) is 0 Å². The van der Waals surface area contributed by atoms with Gasteiger partial charge in [0.05, 0.1) is 23.0 Å². The van der Waals surface area contributed by atoms with Gasteiger partial charge in [0.15, 0.2) is 0 Å². The Kier molecular flexibility index (Phi) is 6.77. The number of benzene rings is 1. The number of hydrogen-bond donors (Lipinski definition) is 2. The third-order valence-corrected chi connectivity index (χ3v) is 6.95. The van der Waals surface area contributed by atoms with Crippen LogP contribution in [0.4, 0.5) is 10.6 Å². The van der Waals surface area contributed by atoms with Crippen LogP contribution in [0, 0.1) is 0 Å². The Morgan fingerprint density at radius 1 is 1.23 bits per heavy atom. The lowest BCUT2D eigenvalue weighted by Gasteiger charge is -2.27. The number of likely N-dealkylation sites (tertiary alicyclic amines) is 1. The molecule has 9 nitrogen and oxygen atoms in total. The molecule has 186 valence electrons. The van der Waals surface area contributed by atoms with Crippen LogP contribution in [-0.4, -0.2) is 49.6 Å². The van der Waals surface area contributed by atoms with E-state index in [1.807, 2.05) is 69.5 Å². The Morgan fingerprint density at radius 2 is 1.91 bits per heavy atom. The van der Waals surface area contributed by atoms with Crippen LogP contribution in [0.1, 0.15) is 69.0 Å². The molecule has 1 fully saturated rings. The van der Waals surface area contributed by atoms with Crippen LogP contribution in [0.5, 0.6) is 0 Å². The quantitative estimate of drug-likeness (QED) is 0.487. The summed E-state index contributed by atoms with van der Waals surface area (Å²) >= 11 is 3.66. The summed E-state index contributed by atoms with van der Waals surface area (Å²) in [7, 11) is 0. The Hall–Kier alpha value is -3.14. The highest BCUT2D eigenvalue weighted by molar-refractivity contribution is 9.10. The maximum atomic E-state index is 13.5. The summed E-state index contributed by atoms with van der Waals surface area (Å²) < 4.78 is 8.10. The number of nitrogens with two attached hydrogens (primary N) is 1. The van der Waals surface area contributed by atoms with Crippen molar-refractivity contribution in [3.8, 4) is 0 Å². The Balaban J connectivity index is 1.69. The van der Waals surface area contributed by atoms with Crippen molar-refractivity contribution in [1.82, 2.24) is 24.8 Å². The smallest absolute Gasteiger partial charge is 0.410 e. The number of aromatic nitrogens is 3. The summed E-state index contributed by atoms with van der Waals surface area (Å²) in [4.78, 5) is 36.6. The van der Waals surface area contributed by atoms with Crippen molar-refractivity contribution in [2.75, 3.05) is 12.3 Å². The van der Waals surface area contributed by atoms with Gasteiger partial charge in [-0.3, -0.25) is 4.79 Å². The van der Waals surface area contributed by atoms with Gasteiger partial charge in [-0.25, -0.2) is 14.8 Å². The first kappa shape index (κ1) is 25.0. The number of carbonyl (C=O) groups is 2. The van der Waals surface area contributed by atoms with E-state index in [9.17, 15) is 9.59 Å². The standard InChI is InChI=1S/C25H31BrN6O3/c1-14-11-17(12-31(14)24(34)35-25(3,4)5)32-20(26)18(19-21(27)28-13-29-22(19)32)23(33)30-15(2)16-9-7-6-8-10-16/h6-10,13-15,17H,11-12H2,1-5H3,(H,30,33)(H2,27,28,29)/t14-,15?,17+/m0/s1. The molecule has 10 heteroatoms. The van der Waals surface area contributed by atoms with E-state index in [-0.39, 0.29) is 35.9 Å². The molecule has 4 rings (SSSR count). The van der Waals surface area contributed by atoms with Gasteiger partial charge in [-0.2, -0.15) is 0 Å². The number of nitrogen functional groups attached to an aromatic ring is 1. The van der Waals surface area contributed by atoms with E-state index in [2.05, 4.69) is 31.2 Å². The third kappa shape index (κ3) is 4.98. The van der Waals surface area contributed by atoms with Gasteiger partial charge in [0.25, 0.3) is 5.91 Å². The largest absolute Gasteiger partial charge is 0.444 e. The van der Waals surface area contributed by atoms with Crippen LogP contribution in [0.15, 0.2) is 41.3 Å². The van der Waals surface area contributed by atoms with Gasteiger partial charge in [-0.1, -0.05) is 30.3 Å². The number of ether oxygens (including phenoxy) is 1. The van der Waals surface area contributed by atoms with E-state index in [1.54, 1.807) is 4.90 Å². The van der Waals surface area contributed by atoms with Gasteiger partial charge < -0.3 is 25.3 Å². The van der Waals surface area contributed by atoms with Gasteiger partial charge in [-0.15, -0.1) is 0 Å². The monoisotopic (exact) mass is 542 g/mol. The first-order chi connectivity index (χ1) is 16.5. The topological polar surface area (TPSA) is 115 Å². The minimum Gasteiger partial charge on any atom is -0.444 e. The van der Waals surface area contributed by atoms with Crippen LogP contribution >= 0.6 is 15.9 Å². The second-order valence-electron chi connectivity index (χ2n) is 9.97. The second-order valence-corrected chi connectivity index (χ2v) is 10.7. The molecule has 1 aromatic carbocycles. The summed E-state index contributed by atoms with van der Waals surface area (Å²) in [5, 5.41) is 3.55. The molecular formula is C25H31BrN6O3. The van der Waals surface area contributed by atoms with Crippen LogP contribution in [0.25, 0.3) is 11.0 Å². The normalized spacial score (nSPS) is 19.1. The van der Waals surface area contributed by atoms with Gasteiger partial charge in [0.1, 0.15) is 28.0 Å². The SMILES string of the molecule is CC(NC(=O)c1c(Br)n([C@@H]2C[C@H](C)N(C(=O)OC(C)(C)C)C2)c2ncnc(N)c12)c1ccccc1. The highest BCUT2D eigenvalue weighted by Crippen LogP contribution is 2.39. The molecule has 1 unspecified atom stereocenters. The molecule has 1 saturated heterocycles. The Labute approximate surface area is 213 Å². The van der Waals surface area contributed by atoms with E-state index in [4.69, 9.17) is 10.5 Å². The third-order valence-electron chi connectivity index (χ3n) is 6.17. The molecule has 1 aliphatic rings. The summed E-state index contributed by atoms with van der Waals surface area (Å²) in [6.07, 6.45) is 1.70. The maximum absolute atomic E-state index is 13.5. The first-order valence-corrected chi connectivity index (χ1v) is 12.4. The molecule has 2 aromatic heterocycles. The number of hydrogen-bond acceptors (Lipinski definition) is 6. The van der Waals surface area contributed by atoms with Crippen LogP contribution in [-0.2, 0) is 4.74 Å². The van der Waals surface area contributed by atoms with E-state index in [0.29, 0.717) is 34.2 Å². The van der Waals surface area contributed by atoms with Crippen LogP contribution in [0.2, 0.25) is 0 Å². The lowest BCUT2D eigenvalue weighted by Crippen LogP contribution is -2.38. The molecule has 1 aliphatic heterocycles. The van der Waals surface area contributed by atoms with Crippen molar-refractivity contribution in [2.45, 2.75) is 64.8 Å². The van der Waals surface area contributed by atoms with E-state index >= 15 is 0 Å². The maximum Gasteiger partial charge on any atom is 0.410 e. The molecular weight excluding hydrogens is 512 g/mol. The van der Waals surface area contributed by atoms with E-state index in [0.717, 1.165) is 5.56 Å². The molecule has 3 aromatic rings. The number of rotatable bonds is 4.